The van der Waals surface area contributed by atoms with Gasteiger partial charge in [0.2, 0.25) is 5.91 Å². The zero-order chi connectivity index (χ0) is 24.2. The average Bonchev–Trinajstić information content (AvgIpc) is 3.01. The fourth-order valence-electron chi connectivity index (χ4n) is 5.19. The fourth-order valence-corrected chi connectivity index (χ4v) is 6.84. The first-order valence-corrected chi connectivity index (χ1v) is 13.3. The predicted octanol–water partition coefficient (Wildman–Crippen LogP) is 0.985. The van der Waals surface area contributed by atoms with E-state index in [2.05, 4.69) is 10.2 Å². The van der Waals surface area contributed by atoms with Gasteiger partial charge < -0.3 is 29.5 Å². The van der Waals surface area contributed by atoms with Crippen molar-refractivity contribution in [3.63, 3.8) is 0 Å². The maximum atomic E-state index is 13.2. The number of rotatable bonds is 1. The summed E-state index contributed by atoms with van der Waals surface area (Å²) < 4.78 is 11.7. The molecule has 0 radical (unpaired) electrons. The van der Waals surface area contributed by atoms with Gasteiger partial charge in [-0.2, -0.15) is 0 Å². The number of hydrogen-bond acceptors (Lipinski definition) is 7. The number of carbonyl (C=O) groups is 4. The molecular weight excluding hydrogens is 456 g/mol. The van der Waals surface area contributed by atoms with Crippen molar-refractivity contribution in [2.45, 2.75) is 57.5 Å². The SMILES string of the molecule is CC(C)(C)OC(=O)N1CCN2c3ccc4c(c3OC[C@H]2C1)CN([C@H]1CCC(=O)NC(=O)[SiH2]1)C4=O. The number of ether oxygens (including phenoxy) is 2. The largest absolute Gasteiger partial charge is 0.489 e. The molecule has 2 atom stereocenters. The lowest BCUT2D eigenvalue weighted by molar-refractivity contribution is -0.119. The minimum absolute atomic E-state index is 0.00370. The Morgan fingerprint density at radius 3 is 2.74 bits per heavy atom. The molecule has 0 spiro atoms. The summed E-state index contributed by atoms with van der Waals surface area (Å²) in [7, 11) is -1.33. The molecule has 34 heavy (non-hydrogen) atoms. The average molecular weight is 487 g/mol. The molecular formula is C23H30N4O6Si. The lowest BCUT2D eigenvalue weighted by Gasteiger charge is -2.45. The maximum Gasteiger partial charge on any atom is 0.410 e. The van der Waals surface area contributed by atoms with Crippen molar-refractivity contribution in [3.8, 4) is 5.75 Å². The van der Waals surface area contributed by atoms with Crippen molar-refractivity contribution < 1.29 is 28.7 Å². The van der Waals surface area contributed by atoms with E-state index in [0.29, 0.717) is 50.5 Å². The van der Waals surface area contributed by atoms with Crippen molar-refractivity contribution in [3.05, 3.63) is 23.3 Å². The Labute approximate surface area is 200 Å². The Bertz CT molecular complexity index is 1070. The van der Waals surface area contributed by atoms with Crippen molar-refractivity contribution >= 4 is 38.6 Å². The molecule has 0 saturated carbocycles. The second-order valence-corrected chi connectivity index (χ2v) is 12.3. The van der Waals surface area contributed by atoms with Gasteiger partial charge in [-0.1, -0.05) is 0 Å². The zero-order valence-corrected chi connectivity index (χ0v) is 21.2. The predicted molar refractivity (Wildman–Crippen MR) is 126 cm³/mol. The van der Waals surface area contributed by atoms with Crippen molar-refractivity contribution in [2.75, 3.05) is 31.1 Å². The summed E-state index contributed by atoms with van der Waals surface area (Å²) in [5.41, 5.74) is 1.45. The van der Waals surface area contributed by atoms with Gasteiger partial charge in [0.15, 0.2) is 15.1 Å². The Balaban J connectivity index is 1.34. The van der Waals surface area contributed by atoms with Crippen LogP contribution in [-0.4, -0.2) is 86.3 Å². The Hall–Kier alpha value is -3.08. The lowest BCUT2D eigenvalue weighted by Crippen LogP contribution is -2.59. The van der Waals surface area contributed by atoms with Crippen LogP contribution >= 0.6 is 0 Å². The van der Waals surface area contributed by atoms with Crippen LogP contribution in [0.5, 0.6) is 5.75 Å². The van der Waals surface area contributed by atoms with Crippen LogP contribution in [0.15, 0.2) is 12.1 Å². The number of benzene rings is 1. The number of imide groups is 1. The standard InChI is InChI=1S/C23H30N4O6Si/c1-23(2,3)33-22(31)25-8-9-26-13(10-25)12-32-19-15-11-27(20(29)14(15)4-5-16(19)26)18-7-6-17(28)24-21(30)34-18/h4-5,13,18H,6-12,34H2,1-3H3,(H,24,28,30)/t13-,18-/m1/s1. The molecule has 5 rings (SSSR count). The van der Waals surface area contributed by atoms with Gasteiger partial charge in [0, 0.05) is 42.8 Å². The quantitative estimate of drug-likeness (QED) is 0.590. The normalized spacial score (nSPS) is 25.3. The second kappa shape index (κ2) is 8.29. The Morgan fingerprint density at radius 2 is 1.97 bits per heavy atom. The van der Waals surface area contributed by atoms with Gasteiger partial charge in [-0.05, 0) is 39.3 Å². The van der Waals surface area contributed by atoms with Gasteiger partial charge in [0.1, 0.15) is 18.0 Å². The summed E-state index contributed by atoms with van der Waals surface area (Å²) in [6, 6.07) is 3.77. The third-order valence-electron chi connectivity index (χ3n) is 6.77. The number of amides is 4. The van der Waals surface area contributed by atoms with E-state index in [9.17, 15) is 19.2 Å². The summed E-state index contributed by atoms with van der Waals surface area (Å²) in [4.78, 5) is 55.3. The fraction of sp³-hybridized carbons (Fsp3) is 0.565. The lowest BCUT2D eigenvalue weighted by atomic mass is 10.0. The first kappa shape index (κ1) is 22.7. The van der Waals surface area contributed by atoms with Crippen LogP contribution in [0.25, 0.3) is 0 Å². The van der Waals surface area contributed by atoms with E-state index in [4.69, 9.17) is 9.47 Å². The van der Waals surface area contributed by atoms with Crippen molar-refractivity contribution in [1.29, 1.82) is 0 Å². The first-order valence-electron chi connectivity index (χ1n) is 11.8. The smallest absolute Gasteiger partial charge is 0.410 e. The molecule has 1 N–H and O–H groups in total. The molecule has 4 heterocycles. The van der Waals surface area contributed by atoms with Crippen LogP contribution in [0.3, 0.4) is 0 Å². The molecule has 4 aliphatic heterocycles. The molecule has 0 unspecified atom stereocenters. The van der Waals surface area contributed by atoms with E-state index >= 15 is 0 Å². The van der Waals surface area contributed by atoms with Crippen molar-refractivity contribution in [2.24, 2.45) is 0 Å². The molecule has 0 bridgehead atoms. The number of carbonyl (C=O) groups excluding carboxylic acids is 4. The molecule has 0 aromatic heterocycles. The number of piperazine rings is 1. The van der Waals surface area contributed by atoms with Crippen molar-refractivity contribution in [1.82, 2.24) is 15.1 Å². The molecule has 2 saturated heterocycles. The van der Waals surface area contributed by atoms with Crippen LogP contribution in [0.1, 0.15) is 49.5 Å². The highest BCUT2D eigenvalue weighted by Crippen LogP contribution is 2.43. The molecule has 182 valence electrons. The highest BCUT2D eigenvalue weighted by molar-refractivity contribution is 6.75. The molecule has 4 amide bonds. The van der Waals surface area contributed by atoms with Gasteiger partial charge >= 0.3 is 6.09 Å². The Kier molecular flexibility index (Phi) is 5.54. The van der Waals surface area contributed by atoms with E-state index in [1.165, 1.54) is 0 Å². The van der Waals surface area contributed by atoms with Crippen LogP contribution in [0.2, 0.25) is 0 Å². The van der Waals surface area contributed by atoms with Crippen LogP contribution in [-0.2, 0) is 16.1 Å². The minimum Gasteiger partial charge on any atom is -0.489 e. The van der Waals surface area contributed by atoms with E-state index < -0.39 is 15.1 Å². The zero-order valence-electron chi connectivity index (χ0n) is 19.8. The Morgan fingerprint density at radius 1 is 1.18 bits per heavy atom. The van der Waals surface area contributed by atoms with E-state index in [1.54, 1.807) is 9.80 Å². The minimum atomic E-state index is -1.33. The first-order chi connectivity index (χ1) is 16.1. The number of nitrogens with zero attached hydrogens (tertiary/aromatic N) is 3. The third-order valence-corrected chi connectivity index (χ3v) is 8.64. The molecule has 1 aromatic rings. The third kappa shape index (κ3) is 4.12. The number of hydrogen-bond donors (Lipinski definition) is 1. The second-order valence-electron chi connectivity index (χ2n) is 10.3. The molecule has 0 aliphatic carbocycles. The molecule has 1 aromatic carbocycles. The summed E-state index contributed by atoms with van der Waals surface area (Å²) >= 11 is 0. The topological polar surface area (TPSA) is 108 Å². The van der Waals surface area contributed by atoms with Gasteiger partial charge in [-0.25, -0.2) is 4.79 Å². The summed E-state index contributed by atoms with van der Waals surface area (Å²) in [5, 5.41) is 2.41. The van der Waals surface area contributed by atoms with Crippen LogP contribution in [0, 0.1) is 0 Å². The summed E-state index contributed by atoms with van der Waals surface area (Å²) in [6.07, 6.45) is 0.450. The van der Waals surface area contributed by atoms with E-state index in [1.807, 2.05) is 32.9 Å². The van der Waals surface area contributed by atoms with Gasteiger partial charge in [-0.3, -0.25) is 14.4 Å². The summed E-state index contributed by atoms with van der Waals surface area (Å²) in [5.74, 6) is 0.352. The van der Waals surface area contributed by atoms with E-state index in [0.717, 1.165) is 11.3 Å². The van der Waals surface area contributed by atoms with Gasteiger partial charge in [0.25, 0.3) is 5.91 Å². The van der Waals surface area contributed by atoms with Gasteiger partial charge in [0.05, 0.1) is 18.3 Å². The van der Waals surface area contributed by atoms with Crippen LogP contribution < -0.4 is 15.0 Å². The highest BCUT2D eigenvalue weighted by atomic mass is 28.2. The maximum absolute atomic E-state index is 13.2. The molecule has 2 fully saturated rings. The summed E-state index contributed by atoms with van der Waals surface area (Å²) in [6.45, 7) is 8.06. The number of nitrogens with one attached hydrogen (secondary N) is 1. The van der Waals surface area contributed by atoms with Gasteiger partial charge in [-0.15, -0.1) is 0 Å². The van der Waals surface area contributed by atoms with E-state index in [-0.39, 0.29) is 41.6 Å². The monoisotopic (exact) mass is 486 g/mol. The highest BCUT2D eigenvalue weighted by Gasteiger charge is 2.42. The number of fused-ring (bicyclic) bond motifs is 5. The molecule has 11 heteroatoms. The van der Waals surface area contributed by atoms with Crippen LogP contribution in [0.4, 0.5) is 15.3 Å². The molecule has 10 nitrogen and oxygen atoms in total. The number of anilines is 1. The molecule has 4 aliphatic rings.